The van der Waals surface area contributed by atoms with Crippen molar-refractivity contribution in [1.29, 1.82) is 0 Å². The highest BCUT2D eigenvalue weighted by Crippen LogP contribution is 2.58. The Bertz CT molecular complexity index is 638. The molecule has 2 saturated carbocycles. The van der Waals surface area contributed by atoms with Gasteiger partial charge in [-0.15, -0.1) is 0 Å². The quantitative estimate of drug-likeness (QED) is 0.918. The van der Waals surface area contributed by atoms with Crippen molar-refractivity contribution < 1.29 is 4.74 Å². The fraction of sp³-hybridized carbons (Fsp3) is 0.562. The average molecular weight is 299 g/mol. The van der Waals surface area contributed by atoms with Crippen molar-refractivity contribution in [3.8, 4) is 5.82 Å². The van der Waals surface area contributed by atoms with Gasteiger partial charge < -0.3 is 10.1 Å². The molecule has 1 spiro atoms. The smallest absolute Gasteiger partial charge is 0.173 e. The molecule has 2 atom stereocenters. The van der Waals surface area contributed by atoms with Crippen LogP contribution >= 0.6 is 0 Å². The van der Waals surface area contributed by atoms with E-state index in [2.05, 4.69) is 27.3 Å². The van der Waals surface area contributed by atoms with E-state index < -0.39 is 0 Å². The standard InChI is InChI=1S/C16H21N5O/c1-2-22-13-9-12(16(13)5-3-6-16)19-14-10-17-11-15(20-14)21-8-4-7-18-21/h4,7-8,10-13H,2-3,5-6,9H2,1H3,(H,19,20)/t12-,13+/m1/s1. The molecule has 2 aromatic rings. The number of aromatic nitrogens is 4. The molecule has 0 aromatic carbocycles. The lowest BCUT2D eigenvalue weighted by Gasteiger charge is -2.61. The molecular weight excluding hydrogens is 278 g/mol. The minimum absolute atomic E-state index is 0.319. The van der Waals surface area contributed by atoms with Gasteiger partial charge in [0.15, 0.2) is 5.82 Å². The first-order valence-electron chi connectivity index (χ1n) is 8.02. The molecule has 2 aliphatic carbocycles. The van der Waals surface area contributed by atoms with Crippen molar-refractivity contribution in [1.82, 2.24) is 19.7 Å². The Kier molecular flexibility index (Phi) is 3.33. The van der Waals surface area contributed by atoms with Crippen LogP contribution in [0.1, 0.15) is 32.6 Å². The molecule has 4 rings (SSSR count). The third-order valence-corrected chi connectivity index (χ3v) is 5.12. The zero-order valence-corrected chi connectivity index (χ0v) is 12.8. The maximum Gasteiger partial charge on any atom is 0.173 e. The third kappa shape index (κ3) is 2.09. The van der Waals surface area contributed by atoms with Gasteiger partial charge in [-0.2, -0.15) is 5.10 Å². The summed E-state index contributed by atoms with van der Waals surface area (Å²) in [5.74, 6) is 1.55. The molecular formula is C16H21N5O. The topological polar surface area (TPSA) is 64.9 Å². The summed E-state index contributed by atoms with van der Waals surface area (Å²) in [6, 6.07) is 2.32. The summed E-state index contributed by atoms with van der Waals surface area (Å²) >= 11 is 0. The molecule has 6 nitrogen and oxygen atoms in total. The fourth-order valence-electron chi connectivity index (χ4n) is 3.76. The van der Waals surface area contributed by atoms with Crippen molar-refractivity contribution in [3.63, 3.8) is 0 Å². The SMILES string of the molecule is CCO[C@H]1C[C@@H](Nc2cncc(-n3cccn3)n2)C12CCC2. The van der Waals surface area contributed by atoms with E-state index in [9.17, 15) is 0 Å². The molecule has 0 amide bonds. The van der Waals surface area contributed by atoms with Gasteiger partial charge in [-0.05, 0) is 32.3 Å². The number of hydrogen-bond acceptors (Lipinski definition) is 5. The molecule has 0 bridgehead atoms. The highest BCUT2D eigenvalue weighted by molar-refractivity contribution is 5.39. The van der Waals surface area contributed by atoms with Crippen molar-refractivity contribution >= 4 is 5.82 Å². The summed E-state index contributed by atoms with van der Waals surface area (Å²) in [6.07, 6.45) is 12.4. The summed E-state index contributed by atoms with van der Waals surface area (Å²) in [4.78, 5) is 8.90. The van der Waals surface area contributed by atoms with Gasteiger partial charge in [0.25, 0.3) is 0 Å². The van der Waals surface area contributed by atoms with Crippen molar-refractivity contribution in [2.75, 3.05) is 11.9 Å². The van der Waals surface area contributed by atoms with Crippen LogP contribution in [-0.2, 0) is 4.74 Å². The van der Waals surface area contributed by atoms with Gasteiger partial charge in [-0.1, -0.05) is 6.42 Å². The summed E-state index contributed by atoms with van der Waals surface area (Å²) < 4.78 is 7.62. The Morgan fingerprint density at radius 1 is 1.41 bits per heavy atom. The van der Waals surface area contributed by atoms with Crippen LogP contribution in [-0.4, -0.2) is 38.5 Å². The molecule has 22 heavy (non-hydrogen) atoms. The highest BCUT2D eigenvalue weighted by Gasteiger charge is 2.59. The number of nitrogens with one attached hydrogen (secondary N) is 1. The first kappa shape index (κ1) is 13.7. The van der Waals surface area contributed by atoms with Crippen LogP contribution in [0.2, 0.25) is 0 Å². The largest absolute Gasteiger partial charge is 0.378 e. The van der Waals surface area contributed by atoms with E-state index in [0.717, 1.165) is 24.7 Å². The second-order valence-electron chi connectivity index (χ2n) is 6.18. The van der Waals surface area contributed by atoms with Gasteiger partial charge in [0.1, 0.15) is 5.82 Å². The van der Waals surface area contributed by atoms with Crippen LogP contribution in [0, 0.1) is 5.41 Å². The van der Waals surface area contributed by atoms with Gasteiger partial charge in [0.2, 0.25) is 0 Å². The lowest BCUT2D eigenvalue weighted by molar-refractivity contribution is -0.157. The molecule has 2 fully saturated rings. The van der Waals surface area contributed by atoms with E-state index >= 15 is 0 Å². The Labute approximate surface area is 129 Å². The fourth-order valence-corrected chi connectivity index (χ4v) is 3.76. The molecule has 0 aliphatic heterocycles. The number of rotatable bonds is 5. The van der Waals surface area contributed by atoms with E-state index in [-0.39, 0.29) is 0 Å². The average Bonchev–Trinajstić information content (AvgIpc) is 2.99. The summed E-state index contributed by atoms with van der Waals surface area (Å²) in [5.41, 5.74) is 0.319. The monoisotopic (exact) mass is 299 g/mol. The normalized spacial score (nSPS) is 25.5. The van der Waals surface area contributed by atoms with Crippen molar-refractivity contribution in [2.45, 2.75) is 44.8 Å². The molecule has 2 heterocycles. The van der Waals surface area contributed by atoms with Gasteiger partial charge >= 0.3 is 0 Å². The van der Waals surface area contributed by atoms with E-state index in [1.165, 1.54) is 19.3 Å². The Morgan fingerprint density at radius 3 is 3.00 bits per heavy atom. The van der Waals surface area contributed by atoms with Crippen LogP contribution in [0.3, 0.4) is 0 Å². The summed E-state index contributed by atoms with van der Waals surface area (Å²) in [7, 11) is 0. The number of hydrogen-bond donors (Lipinski definition) is 1. The molecule has 0 radical (unpaired) electrons. The minimum atomic E-state index is 0.319. The van der Waals surface area contributed by atoms with Crippen LogP contribution in [0.25, 0.3) is 5.82 Å². The van der Waals surface area contributed by atoms with Crippen molar-refractivity contribution in [3.05, 3.63) is 30.9 Å². The maximum absolute atomic E-state index is 5.90. The second-order valence-corrected chi connectivity index (χ2v) is 6.18. The van der Waals surface area contributed by atoms with E-state index in [1.54, 1.807) is 23.3 Å². The van der Waals surface area contributed by atoms with Crippen molar-refractivity contribution in [2.24, 2.45) is 5.41 Å². The predicted octanol–water partition coefficient (Wildman–Crippen LogP) is 2.42. The first-order valence-corrected chi connectivity index (χ1v) is 8.02. The van der Waals surface area contributed by atoms with Crippen LogP contribution < -0.4 is 5.32 Å². The van der Waals surface area contributed by atoms with Crippen LogP contribution in [0.4, 0.5) is 5.82 Å². The van der Waals surface area contributed by atoms with E-state index in [4.69, 9.17) is 4.74 Å². The molecule has 2 aromatic heterocycles. The second kappa shape index (κ2) is 5.35. The van der Waals surface area contributed by atoms with Crippen LogP contribution in [0.5, 0.6) is 0 Å². The van der Waals surface area contributed by atoms with Gasteiger partial charge in [-0.25, -0.2) is 9.67 Å². The highest BCUT2D eigenvalue weighted by atomic mass is 16.5. The molecule has 0 saturated heterocycles. The zero-order valence-electron chi connectivity index (χ0n) is 12.8. The number of nitrogens with zero attached hydrogens (tertiary/aromatic N) is 4. The number of anilines is 1. The Hall–Kier alpha value is -1.95. The Morgan fingerprint density at radius 2 is 2.32 bits per heavy atom. The Balaban J connectivity index is 1.49. The molecule has 6 heteroatoms. The molecule has 0 unspecified atom stereocenters. The van der Waals surface area contributed by atoms with Gasteiger partial charge in [-0.3, -0.25) is 4.98 Å². The first-order chi connectivity index (χ1) is 10.8. The van der Waals surface area contributed by atoms with Gasteiger partial charge in [0, 0.05) is 30.5 Å². The van der Waals surface area contributed by atoms with E-state index in [1.807, 2.05) is 12.3 Å². The maximum atomic E-state index is 5.90. The molecule has 1 N–H and O–H groups in total. The number of ether oxygens (including phenoxy) is 1. The minimum Gasteiger partial charge on any atom is -0.378 e. The molecule has 116 valence electrons. The van der Waals surface area contributed by atoms with Gasteiger partial charge in [0.05, 0.1) is 18.5 Å². The summed E-state index contributed by atoms with van der Waals surface area (Å²) in [5, 5.41) is 7.77. The predicted molar refractivity (Wildman–Crippen MR) is 82.9 cm³/mol. The lowest BCUT2D eigenvalue weighted by atomic mass is 9.51. The zero-order chi connectivity index (χ0) is 15.0. The molecule has 2 aliphatic rings. The summed E-state index contributed by atoms with van der Waals surface area (Å²) in [6.45, 7) is 2.87. The lowest BCUT2D eigenvalue weighted by Crippen LogP contribution is -2.64. The van der Waals surface area contributed by atoms with Crippen LogP contribution in [0.15, 0.2) is 30.9 Å². The third-order valence-electron chi connectivity index (χ3n) is 5.12. The van der Waals surface area contributed by atoms with E-state index in [0.29, 0.717) is 17.6 Å².